The van der Waals surface area contributed by atoms with Gasteiger partial charge in [-0.15, -0.1) is 15.3 Å². The van der Waals surface area contributed by atoms with E-state index >= 15 is 0 Å². The van der Waals surface area contributed by atoms with E-state index in [9.17, 15) is 10.1 Å². The molecule has 3 aromatic heterocycles. The van der Waals surface area contributed by atoms with Gasteiger partial charge in [0.1, 0.15) is 12.1 Å². The van der Waals surface area contributed by atoms with Crippen LogP contribution in [0.15, 0.2) is 42.7 Å². The number of hydrogen-bond acceptors (Lipinski definition) is 8. The van der Waals surface area contributed by atoms with E-state index in [0.717, 1.165) is 48.8 Å². The summed E-state index contributed by atoms with van der Waals surface area (Å²) in [7, 11) is 0. The Kier molecular flexibility index (Phi) is 3.97. The Labute approximate surface area is 165 Å². The maximum atomic E-state index is 11.4. The minimum absolute atomic E-state index is 0.0394. The molecule has 4 aromatic rings. The van der Waals surface area contributed by atoms with Crippen molar-refractivity contribution in [2.45, 2.75) is 6.92 Å². The van der Waals surface area contributed by atoms with Crippen molar-refractivity contribution in [1.82, 2.24) is 24.8 Å². The van der Waals surface area contributed by atoms with Gasteiger partial charge in [-0.1, -0.05) is 12.1 Å². The molecular weight excluding hydrogens is 372 g/mol. The topological polar surface area (TPSA) is 106 Å². The third kappa shape index (κ3) is 2.98. The van der Waals surface area contributed by atoms with Gasteiger partial charge in [0.15, 0.2) is 11.2 Å². The van der Waals surface area contributed by atoms with Crippen molar-refractivity contribution in [3.8, 4) is 0 Å². The highest BCUT2D eigenvalue weighted by Crippen LogP contribution is 2.32. The number of hydrogen-bond donors (Lipinski definition) is 0. The fraction of sp³-hybridized carbons (Fsp3) is 0.263. The van der Waals surface area contributed by atoms with E-state index in [0.29, 0.717) is 11.2 Å². The molecule has 5 rings (SSSR count). The van der Waals surface area contributed by atoms with Gasteiger partial charge in [-0.2, -0.15) is 4.52 Å². The highest BCUT2D eigenvalue weighted by Gasteiger charge is 2.23. The molecule has 0 unspecified atom stereocenters. The van der Waals surface area contributed by atoms with Gasteiger partial charge in [-0.3, -0.25) is 10.1 Å². The van der Waals surface area contributed by atoms with E-state index in [1.165, 1.54) is 6.07 Å². The van der Waals surface area contributed by atoms with Crippen LogP contribution in [0.3, 0.4) is 0 Å². The Morgan fingerprint density at radius 2 is 1.86 bits per heavy atom. The van der Waals surface area contributed by atoms with Crippen molar-refractivity contribution in [2.24, 2.45) is 0 Å². The minimum atomic E-state index is -0.372. The second kappa shape index (κ2) is 6.66. The molecular formula is C19H18N8O2. The Hall–Kier alpha value is -3.82. The Morgan fingerprint density at radius 1 is 1.07 bits per heavy atom. The smallest absolute Gasteiger partial charge is 0.295 e. The van der Waals surface area contributed by atoms with E-state index in [2.05, 4.69) is 30.1 Å². The van der Waals surface area contributed by atoms with Gasteiger partial charge in [-0.25, -0.2) is 4.98 Å². The molecule has 0 atom stereocenters. The average Bonchev–Trinajstić information content (AvgIpc) is 3.20. The highest BCUT2D eigenvalue weighted by atomic mass is 16.6. The molecule has 0 bridgehead atoms. The number of para-hydroxylation sites is 1. The predicted octanol–water partition coefficient (Wildman–Crippen LogP) is 2.22. The van der Waals surface area contributed by atoms with Crippen LogP contribution >= 0.6 is 0 Å². The summed E-state index contributed by atoms with van der Waals surface area (Å²) in [6, 6.07) is 11.0. The third-order valence-electron chi connectivity index (χ3n) is 5.21. The number of aryl methyl sites for hydroxylation is 1. The Balaban J connectivity index is 1.44. The van der Waals surface area contributed by atoms with Gasteiger partial charge in [0.2, 0.25) is 0 Å². The molecule has 1 aliphatic heterocycles. The van der Waals surface area contributed by atoms with Gasteiger partial charge < -0.3 is 9.80 Å². The zero-order valence-electron chi connectivity index (χ0n) is 15.8. The summed E-state index contributed by atoms with van der Waals surface area (Å²) in [6.07, 6.45) is 1.59. The number of benzene rings is 1. The largest absolute Gasteiger partial charge is 0.367 e. The Bertz CT molecular complexity index is 1230. The number of aromatic nitrogens is 5. The molecule has 0 aliphatic carbocycles. The predicted molar refractivity (Wildman–Crippen MR) is 108 cm³/mol. The molecule has 0 saturated carbocycles. The van der Waals surface area contributed by atoms with E-state index in [1.807, 2.05) is 31.2 Å². The number of nitrogens with zero attached hydrogens (tertiary/aromatic N) is 8. The summed E-state index contributed by atoms with van der Waals surface area (Å²) in [5.74, 6) is 0.878. The van der Waals surface area contributed by atoms with E-state index in [4.69, 9.17) is 0 Å². The summed E-state index contributed by atoms with van der Waals surface area (Å²) < 4.78 is 1.67. The monoisotopic (exact) mass is 390 g/mol. The summed E-state index contributed by atoms with van der Waals surface area (Å²) in [6.45, 7) is 5.01. The zero-order chi connectivity index (χ0) is 20.0. The minimum Gasteiger partial charge on any atom is -0.367 e. The lowest BCUT2D eigenvalue weighted by molar-refractivity contribution is -0.383. The number of piperazine rings is 1. The average molecular weight is 390 g/mol. The zero-order valence-corrected chi connectivity index (χ0v) is 15.8. The van der Waals surface area contributed by atoms with Crippen LogP contribution in [-0.4, -0.2) is 55.9 Å². The van der Waals surface area contributed by atoms with E-state index in [-0.39, 0.29) is 10.6 Å². The standard InChI is InChI=1S/C19H18N8O2/c1-13-11-16(14-3-2-4-15(27(28)29)19(14)21-13)24-7-9-25(10-8-24)18-6-5-17-22-20-12-26(17)23-18/h2-6,11-12H,7-10H2,1H3. The molecule has 0 spiro atoms. The second-order valence-corrected chi connectivity index (χ2v) is 7.01. The molecule has 0 radical (unpaired) electrons. The summed E-state index contributed by atoms with van der Waals surface area (Å²) in [5, 5.41) is 24.6. The van der Waals surface area contributed by atoms with Gasteiger partial charge in [0.25, 0.3) is 5.69 Å². The number of anilines is 2. The SMILES string of the molecule is Cc1cc(N2CCN(c3ccc4nncn4n3)CC2)c2cccc([N+](=O)[O-])c2n1. The molecule has 10 nitrogen and oxygen atoms in total. The van der Waals surface area contributed by atoms with Crippen molar-refractivity contribution in [1.29, 1.82) is 0 Å². The molecule has 0 amide bonds. The maximum Gasteiger partial charge on any atom is 0.295 e. The first-order valence-corrected chi connectivity index (χ1v) is 9.32. The molecule has 4 heterocycles. The number of pyridine rings is 1. The van der Waals surface area contributed by atoms with E-state index < -0.39 is 0 Å². The van der Waals surface area contributed by atoms with Crippen LogP contribution in [0.25, 0.3) is 16.6 Å². The molecule has 1 aromatic carbocycles. The lowest BCUT2D eigenvalue weighted by Crippen LogP contribution is -2.47. The molecule has 29 heavy (non-hydrogen) atoms. The van der Waals surface area contributed by atoms with Crippen molar-refractivity contribution in [2.75, 3.05) is 36.0 Å². The lowest BCUT2D eigenvalue weighted by atomic mass is 10.1. The van der Waals surface area contributed by atoms with Crippen LogP contribution in [-0.2, 0) is 0 Å². The lowest BCUT2D eigenvalue weighted by Gasteiger charge is -2.37. The highest BCUT2D eigenvalue weighted by molar-refractivity contribution is 5.97. The van der Waals surface area contributed by atoms with Gasteiger partial charge in [0, 0.05) is 49.0 Å². The number of rotatable bonds is 3. The molecule has 1 saturated heterocycles. The summed E-state index contributed by atoms with van der Waals surface area (Å²) in [4.78, 5) is 20.0. The number of non-ortho nitro benzene ring substituents is 1. The van der Waals surface area contributed by atoms with Crippen molar-refractivity contribution >= 4 is 33.7 Å². The molecule has 0 N–H and O–H groups in total. The number of nitro groups is 1. The molecule has 1 fully saturated rings. The molecule has 10 heteroatoms. The Morgan fingerprint density at radius 3 is 2.66 bits per heavy atom. The molecule has 146 valence electrons. The number of nitro benzene ring substituents is 1. The second-order valence-electron chi connectivity index (χ2n) is 7.01. The van der Waals surface area contributed by atoms with Crippen molar-refractivity contribution in [3.05, 3.63) is 58.5 Å². The molecule has 1 aliphatic rings. The van der Waals surface area contributed by atoms with Crippen LogP contribution in [0.4, 0.5) is 17.2 Å². The van der Waals surface area contributed by atoms with Crippen LogP contribution < -0.4 is 9.80 Å². The third-order valence-corrected chi connectivity index (χ3v) is 5.21. The van der Waals surface area contributed by atoms with Gasteiger partial charge in [-0.05, 0) is 25.1 Å². The fourth-order valence-electron chi connectivity index (χ4n) is 3.81. The first-order chi connectivity index (χ1) is 14.1. The van der Waals surface area contributed by atoms with Crippen LogP contribution in [0.2, 0.25) is 0 Å². The summed E-state index contributed by atoms with van der Waals surface area (Å²) in [5.41, 5.74) is 2.95. The number of fused-ring (bicyclic) bond motifs is 2. The summed E-state index contributed by atoms with van der Waals surface area (Å²) >= 11 is 0. The fourth-order valence-corrected chi connectivity index (χ4v) is 3.81. The maximum absolute atomic E-state index is 11.4. The normalized spacial score (nSPS) is 14.7. The van der Waals surface area contributed by atoms with E-state index in [1.54, 1.807) is 16.9 Å². The van der Waals surface area contributed by atoms with Crippen molar-refractivity contribution in [3.63, 3.8) is 0 Å². The van der Waals surface area contributed by atoms with Gasteiger partial charge >= 0.3 is 0 Å². The van der Waals surface area contributed by atoms with Crippen LogP contribution in [0, 0.1) is 17.0 Å². The van der Waals surface area contributed by atoms with Crippen molar-refractivity contribution < 1.29 is 4.92 Å². The van der Waals surface area contributed by atoms with Crippen LogP contribution in [0.5, 0.6) is 0 Å². The van der Waals surface area contributed by atoms with Crippen LogP contribution in [0.1, 0.15) is 5.69 Å². The quantitative estimate of drug-likeness (QED) is 0.387. The first-order valence-electron chi connectivity index (χ1n) is 9.32. The first kappa shape index (κ1) is 17.3. The van der Waals surface area contributed by atoms with Gasteiger partial charge in [0.05, 0.1) is 4.92 Å².